The fourth-order valence-corrected chi connectivity index (χ4v) is 2.40. The Morgan fingerprint density at radius 2 is 2.21 bits per heavy atom. The van der Waals surface area contributed by atoms with Crippen LogP contribution in [0.25, 0.3) is 0 Å². The van der Waals surface area contributed by atoms with E-state index >= 15 is 0 Å². The van der Waals surface area contributed by atoms with Gasteiger partial charge in [0.1, 0.15) is 6.20 Å². The molecule has 1 aliphatic rings. The first-order valence-corrected chi connectivity index (χ1v) is 6.59. The summed E-state index contributed by atoms with van der Waals surface area (Å²) in [5, 5.41) is 13.9. The molecule has 104 valence electrons. The molecule has 0 unspecified atom stereocenters. The minimum Gasteiger partial charge on any atom is -0.357 e. The van der Waals surface area contributed by atoms with E-state index in [1.54, 1.807) is 7.05 Å². The minimum absolute atomic E-state index is 0.0195. The van der Waals surface area contributed by atoms with E-state index in [1.807, 2.05) is 4.90 Å². The van der Waals surface area contributed by atoms with Crippen LogP contribution in [0.4, 0.5) is 17.5 Å². The van der Waals surface area contributed by atoms with Crippen LogP contribution in [-0.2, 0) is 0 Å². The second kappa shape index (κ2) is 5.81. The van der Waals surface area contributed by atoms with Gasteiger partial charge in [0.2, 0.25) is 11.8 Å². The zero-order valence-corrected chi connectivity index (χ0v) is 11.3. The van der Waals surface area contributed by atoms with E-state index < -0.39 is 4.92 Å². The fourth-order valence-electron chi connectivity index (χ4n) is 2.40. The van der Waals surface area contributed by atoms with Crippen LogP contribution >= 0.6 is 0 Å². The molecule has 1 aromatic heterocycles. The summed E-state index contributed by atoms with van der Waals surface area (Å²) in [6.45, 7) is 3.83. The smallest absolute Gasteiger partial charge is 0.329 e. The summed E-state index contributed by atoms with van der Waals surface area (Å²) < 4.78 is 0. The zero-order valence-electron chi connectivity index (χ0n) is 11.3. The molecule has 1 N–H and O–H groups in total. The number of nitrogens with zero attached hydrogens (tertiary/aromatic N) is 4. The van der Waals surface area contributed by atoms with E-state index in [2.05, 4.69) is 22.2 Å². The quantitative estimate of drug-likeness (QED) is 0.662. The maximum atomic E-state index is 11.1. The van der Waals surface area contributed by atoms with Gasteiger partial charge in [0.05, 0.1) is 4.92 Å². The van der Waals surface area contributed by atoms with Gasteiger partial charge in [-0.05, 0) is 18.8 Å². The highest BCUT2D eigenvalue weighted by Crippen LogP contribution is 2.30. The summed E-state index contributed by atoms with van der Waals surface area (Å²) in [5.74, 6) is 1.57. The molecule has 0 saturated carbocycles. The van der Waals surface area contributed by atoms with Gasteiger partial charge in [-0.15, -0.1) is 0 Å². The van der Waals surface area contributed by atoms with Crippen molar-refractivity contribution in [3.05, 3.63) is 16.3 Å². The molecule has 2 heterocycles. The fraction of sp³-hybridized carbons (Fsp3) is 0.667. The lowest BCUT2D eigenvalue weighted by Gasteiger charge is -2.31. The normalized spacial score (nSPS) is 16.4. The van der Waals surface area contributed by atoms with Crippen LogP contribution in [0, 0.1) is 16.0 Å². The SMILES string of the molecule is CCC1CCN(c2nc(NC)ncc2[N+](=O)[O-])CC1. The number of nitro groups is 1. The van der Waals surface area contributed by atoms with Crippen molar-refractivity contribution >= 4 is 17.5 Å². The molecule has 0 bridgehead atoms. The summed E-state index contributed by atoms with van der Waals surface area (Å²) in [6.07, 6.45) is 4.57. The Labute approximate surface area is 112 Å². The molecular formula is C12H19N5O2. The molecule has 0 atom stereocenters. The Morgan fingerprint density at radius 1 is 1.53 bits per heavy atom. The molecule has 1 saturated heterocycles. The van der Waals surface area contributed by atoms with Crippen LogP contribution in [0.2, 0.25) is 0 Å². The lowest BCUT2D eigenvalue weighted by atomic mass is 9.94. The predicted molar refractivity (Wildman–Crippen MR) is 73.5 cm³/mol. The molecule has 7 heteroatoms. The Morgan fingerprint density at radius 3 is 2.74 bits per heavy atom. The second-order valence-electron chi connectivity index (χ2n) is 4.75. The van der Waals surface area contributed by atoms with Gasteiger partial charge in [0.15, 0.2) is 0 Å². The van der Waals surface area contributed by atoms with E-state index in [0.717, 1.165) is 31.8 Å². The predicted octanol–water partition coefficient (Wildman–Crippen LogP) is 2.05. The summed E-state index contributed by atoms with van der Waals surface area (Å²) in [4.78, 5) is 20.8. The molecule has 0 spiro atoms. The average Bonchev–Trinajstić information content (AvgIpc) is 2.46. The van der Waals surface area contributed by atoms with Crippen LogP contribution in [0.15, 0.2) is 6.20 Å². The number of anilines is 2. The molecule has 1 aliphatic heterocycles. The molecule has 2 rings (SSSR count). The first-order chi connectivity index (χ1) is 9.15. The molecule has 1 fully saturated rings. The van der Waals surface area contributed by atoms with E-state index in [9.17, 15) is 10.1 Å². The van der Waals surface area contributed by atoms with E-state index in [1.165, 1.54) is 12.6 Å². The number of hydrogen-bond acceptors (Lipinski definition) is 6. The van der Waals surface area contributed by atoms with Crippen molar-refractivity contribution in [2.24, 2.45) is 5.92 Å². The third-order valence-corrected chi connectivity index (χ3v) is 3.66. The number of piperidine rings is 1. The molecule has 0 radical (unpaired) electrons. The topological polar surface area (TPSA) is 84.2 Å². The lowest BCUT2D eigenvalue weighted by molar-refractivity contribution is -0.384. The van der Waals surface area contributed by atoms with Crippen molar-refractivity contribution < 1.29 is 4.92 Å². The Bertz CT molecular complexity index is 457. The van der Waals surface area contributed by atoms with Crippen molar-refractivity contribution in [1.82, 2.24) is 9.97 Å². The van der Waals surface area contributed by atoms with Crippen molar-refractivity contribution in [3.8, 4) is 0 Å². The average molecular weight is 265 g/mol. The number of nitrogens with one attached hydrogen (secondary N) is 1. The molecule has 1 aromatic rings. The number of aromatic nitrogens is 2. The standard InChI is InChI=1S/C12H19N5O2/c1-3-9-4-6-16(7-5-9)11-10(17(18)19)8-14-12(13-2)15-11/h8-9H,3-7H2,1-2H3,(H,13,14,15). The van der Waals surface area contributed by atoms with Gasteiger partial charge in [-0.2, -0.15) is 4.98 Å². The maximum absolute atomic E-state index is 11.1. The van der Waals surface area contributed by atoms with Gasteiger partial charge in [-0.3, -0.25) is 10.1 Å². The lowest BCUT2D eigenvalue weighted by Crippen LogP contribution is -2.34. The molecular weight excluding hydrogens is 246 g/mol. The molecule has 0 aliphatic carbocycles. The van der Waals surface area contributed by atoms with E-state index in [-0.39, 0.29) is 5.69 Å². The summed E-state index contributed by atoms with van der Waals surface area (Å²) in [7, 11) is 1.70. The van der Waals surface area contributed by atoms with E-state index in [0.29, 0.717) is 11.8 Å². The highest BCUT2D eigenvalue weighted by Gasteiger charge is 2.26. The highest BCUT2D eigenvalue weighted by atomic mass is 16.6. The van der Waals surface area contributed by atoms with Gasteiger partial charge in [-0.1, -0.05) is 13.3 Å². The molecule has 19 heavy (non-hydrogen) atoms. The van der Waals surface area contributed by atoms with Crippen molar-refractivity contribution in [2.45, 2.75) is 26.2 Å². The van der Waals surface area contributed by atoms with Gasteiger partial charge in [0, 0.05) is 20.1 Å². The second-order valence-corrected chi connectivity index (χ2v) is 4.75. The summed E-state index contributed by atoms with van der Waals surface area (Å²) in [5.41, 5.74) is -0.0195. The first kappa shape index (κ1) is 13.5. The Kier molecular flexibility index (Phi) is 4.13. The van der Waals surface area contributed by atoms with Gasteiger partial charge < -0.3 is 10.2 Å². The highest BCUT2D eigenvalue weighted by molar-refractivity contribution is 5.59. The van der Waals surface area contributed by atoms with Crippen LogP contribution in [0.5, 0.6) is 0 Å². The van der Waals surface area contributed by atoms with Gasteiger partial charge in [0.25, 0.3) is 0 Å². The third kappa shape index (κ3) is 2.91. The first-order valence-electron chi connectivity index (χ1n) is 6.59. The zero-order chi connectivity index (χ0) is 13.8. The summed E-state index contributed by atoms with van der Waals surface area (Å²) in [6, 6.07) is 0. The minimum atomic E-state index is -0.416. The van der Waals surface area contributed by atoms with E-state index in [4.69, 9.17) is 0 Å². The summed E-state index contributed by atoms with van der Waals surface area (Å²) >= 11 is 0. The molecule has 0 amide bonds. The van der Waals surface area contributed by atoms with Gasteiger partial charge >= 0.3 is 5.69 Å². The Hall–Kier alpha value is -1.92. The molecule has 7 nitrogen and oxygen atoms in total. The van der Waals surface area contributed by atoms with Gasteiger partial charge in [-0.25, -0.2) is 4.98 Å². The third-order valence-electron chi connectivity index (χ3n) is 3.66. The van der Waals surface area contributed by atoms with Crippen LogP contribution in [0.3, 0.4) is 0 Å². The van der Waals surface area contributed by atoms with Crippen molar-refractivity contribution in [2.75, 3.05) is 30.4 Å². The van der Waals surface area contributed by atoms with Crippen LogP contribution < -0.4 is 10.2 Å². The molecule has 0 aromatic carbocycles. The number of rotatable bonds is 4. The van der Waals surface area contributed by atoms with Crippen molar-refractivity contribution in [1.29, 1.82) is 0 Å². The maximum Gasteiger partial charge on any atom is 0.329 e. The van der Waals surface area contributed by atoms with Crippen LogP contribution in [-0.4, -0.2) is 35.0 Å². The largest absolute Gasteiger partial charge is 0.357 e. The van der Waals surface area contributed by atoms with Crippen LogP contribution in [0.1, 0.15) is 26.2 Å². The Balaban J connectivity index is 2.24. The monoisotopic (exact) mass is 265 g/mol. The van der Waals surface area contributed by atoms with Crippen molar-refractivity contribution in [3.63, 3.8) is 0 Å². The number of hydrogen-bond donors (Lipinski definition) is 1.